The lowest BCUT2D eigenvalue weighted by Crippen LogP contribution is -2.09. The van der Waals surface area contributed by atoms with Crippen LogP contribution in [0.3, 0.4) is 0 Å². The predicted octanol–water partition coefficient (Wildman–Crippen LogP) is 5.11. The zero-order chi connectivity index (χ0) is 16.8. The zero-order valence-corrected chi connectivity index (χ0v) is 14.7. The Labute approximate surface area is 138 Å². The van der Waals surface area contributed by atoms with Crippen LogP contribution in [0.2, 0.25) is 0 Å². The average molecular weight is 332 g/mol. The summed E-state index contributed by atoms with van der Waals surface area (Å²) in [6, 6.07) is 13.1. The largest absolute Gasteiger partial charge is 0.465 e. The van der Waals surface area contributed by atoms with Crippen LogP contribution in [0.15, 0.2) is 42.5 Å². The molecule has 0 heterocycles. The Bertz CT molecular complexity index is 647. The van der Waals surface area contributed by atoms with Crippen molar-refractivity contribution in [3.63, 3.8) is 0 Å². The summed E-state index contributed by atoms with van der Waals surface area (Å²) in [4.78, 5) is 12.5. The molecule has 1 unspecified atom stereocenters. The van der Waals surface area contributed by atoms with Crippen molar-refractivity contribution in [1.82, 2.24) is 0 Å². The number of benzene rings is 2. The van der Waals surface area contributed by atoms with E-state index in [0.29, 0.717) is 17.9 Å². The van der Waals surface area contributed by atoms with Gasteiger partial charge in [-0.25, -0.2) is 4.79 Å². The van der Waals surface area contributed by atoms with E-state index in [4.69, 9.17) is 13.6 Å². The molecule has 0 fully saturated rings. The van der Waals surface area contributed by atoms with E-state index in [2.05, 4.69) is 0 Å². The van der Waals surface area contributed by atoms with E-state index in [-0.39, 0.29) is 0 Å². The average Bonchev–Trinajstić information content (AvgIpc) is 2.47. The predicted molar refractivity (Wildman–Crippen MR) is 91.7 cm³/mol. The lowest BCUT2D eigenvalue weighted by molar-refractivity contribution is 0.0700. The Balaban J connectivity index is 2.15. The second-order valence-corrected chi connectivity index (χ2v) is 6.27. The van der Waals surface area contributed by atoms with E-state index < -0.39 is 14.6 Å². The number of carbonyl (C=O) groups excluding carboxylic acids is 1. The van der Waals surface area contributed by atoms with Crippen molar-refractivity contribution in [2.75, 3.05) is 6.61 Å². The SMILES string of the molecule is CCOP(OC(=O)c1c(C)cc(C)cc1C)Oc1ccccc1. The van der Waals surface area contributed by atoms with Crippen molar-refractivity contribution in [2.24, 2.45) is 0 Å². The molecule has 0 bridgehead atoms. The van der Waals surface area contributed by atoms with Gasteiger partial charge in [-0.3, -0.25) is 4.52 Å². The van der Waals surface area contributed by atoms with E-state index in [0.717, 1.165) is 16.7 Å². The summed E-state index contributed by atoms with van der Waals surface area (Å²) >= 11 is 0. The molecule has 0 N–H and O–H groups in total. The van der Waals surface area contributed by atoms with E-state index in [1.807, 2.05) is 58.0 Å². The molecule has 0 amide bonds. The molecule has 0 aliphatic heterocycles. The van der Waals surface area contributed by atoms with E-state index >= 15 is 0 Å². The summed E-state index contributed by atoms with van der Waals surface area (Å²) in [6.45, 7) is 8.04. The van der Waals surface area contributed by atoms with Gasteiger partial charge in [-0.05, 0) is 51.0 Å². The van der Waals surface area contributed by atoms with Crippen LogP contribution in [0, 0.1) is 20.8 Å². The number of para-hydroxylation sites is 1. The third-order valence-electron chi connectivity index (χ3n) is 3.20. The first kappa shape index (κ1) is 17.5. The summed E-state index contributed by atoms with van der Waals surface area (Å²) in [5.41, 5.74) is 3.46. The normalized spacial score (nSPS) is 11.8. The molecule has 2 aromatic carbocycles. The second kappa shape index (κ2) is 8.09. The van der Waals surface area contributed by atoms with Crippen molar-refractivity contribution in [1.29, 1.82) is 0 Å². The molecule has 23 heavy (non-hydrogen) atoms. The standard InChI is InChI=1S/C18H21O4P/c1-5-20-23(21-16-9-7-6-8-10-16)22-18(19)17-14(3)11-13(2)12-15(17)4/h6-12H,5H2,1-4H3. The first-order chi connectivity index (χ1) is 11.0. The number of carbonyl (C=O) groups is 1. The van der Waals surface area contributed by atoms with Gasteiger partial charge in [-0.1, -0.05) is 35.9 Å². The van der Waals surface area contributed by atoms with Crippen LogP contribution in [0.1, 0.15) is 34.0 Å². The lowest BCUT2D eigenvalue weighted by Gasteiger charge is -2.17. The number of aryl methyl sites for hydroxylation is 3. The molecule has 0 aromatic heterocycles. The molecule has 0 aliphatic rings. The maximum Gasteiger partial charge on any atom is 0.465 e. The molecule has 5 heteroatoms. The topological polar surface area (TPSA) is 44.8 Å². The van der Waals surface area contributed by atoms with Gasteiger partial charge in [0.1, 0.15) is 5.75 Å². The zero-order valence-electron chi connectivity index (χ0n) is 13.8. The van der Waals surface area contributed by atoms with Gasteiger partial charge in [0.05, 0.1) is 12.2 Å². The van der Waals surface area contributed by atoms with Crippen molar-refractivity contribution in [2.45, 2.75) is 27.7 Å². The Kier molecular flexibility index (Phi) is 6.14. The molecule has 0 saturated heterocycles. The van der Waals surface area contributed by atoms with Crippen LogP contribution < -0.4 is 4.52 Å². The molecule has 0 spiro atoms. The van der Waals surface area contributed by atoms with Crippen molar-refractivity contribution < 1.29 is 18.4 Å². The number of hydrogen-bond acceptors (Lipinski definition) is 4. The van der Waals surface area contributed by atoms with Crippen LogP contribution in [0.25, 0.3) is 0 Å². The van der Waals surface area contributed by atoms with Gasteiger partial charge in [0.25, 0.3) is 0 Å². The summed E-state index contributed by atoms with van der Waals surface area (Å²) in [5.74, 6) is 0.188. The molecule has 2 rings (SSSR count). The van der Waals surface area contributed by atoms with Crippen molar-refractivity contribution >= 4 is 14.6 Å². The van der Waals surface area contributed by atoms with Gasteiger partial charge in [0.2, 0.25) is 0 Å². The highest BCUT2D eigenvalue weighted by molar-refractivity contribution is 7.42. The molecule has 122 valence electrons. The minimum absolute atomic E-state index is 0.400. The Morgan fingerprint density at radius 1 is 1.04 bits per heavy atom. The quantitative estimate of drug-likeness (QED) is 0.690. The number of hydrogen-bond donors (Lipinski definition) is 0. The van der Waals surface area contributed by atoms with Gasteiger partial charge in [-0.2, -0.15) is 0 Å². The third-order valence-corrected chi connectivity index (χ3v) is 4.34. The highest BCUT2D eigenvalue weighted by Crippen LogP contribution is 2.41. The van der Waals surface area contributed by atoms with Gasteiger partial charge in [0.15, 0.2) is 0 Å². The maximum atomic E-state index is 12.5. The Hall–Kier alpha value is -1.90. The fourth-order valence-corrected chi connectivity index (χ4v) is 3.23. The maximum absolute atomic E-state index is 12.5. The number of rotatable bonds is 6. The molecule has 0 saturated carbocycles. The van der Waals surface area contributed by atoms with Crippen LogP contribution in [-0.2, 0) is 9.05 Å². The van der Waals surface area contributed by atoms with Gasteiger partial charge in [0, 0.05) is 0 Å². The molecule has 0 radical (unpaired) electrons. The van der Waals surface area contributed by atoms with E-state index in [1.165, 1.54) is 0 Å². The summed E-state index contributed by atoms with van der Waals surface area (Å²) < 4.78 is 16.6. The molecule has 2 aromatic rings. The van der Waals surface area contributed by atoms with E-state index in [9.17, 15) is 4.79 Å². The first-order valence-electron chi connectivity index (χ1n) is 7.47. The molecular formula is C18H21O4P. The minimum Gasteiger partial charge on any atom is -0.418 e. The Morgan fingerprint density at radius 2 is 1.65 bits per heavy atom. The molecular weight excluding hydrogens is 311 g/mol. The van der Waals surface area contributed by atoms with Gasteiger partial charge >= 0.3 is 14.6 Å². The van der Waals surface area contributed by atoms with Gasteiger partial charge < -0.3 is 9.05 Å². The van der Waals surface area contributed by atoms with Crippen LogP contribution >= 0.6 is 8.60 Å². The molecule has 0 aliphatic carbocycles. The van der Waals surface area contributed by atoms with Crippen molar-refractivity contribution in [3.05, 3.63) is 64.7 Å². The van der Waals surface area contributed by atoms with Crippen LogP contribution in [0.4, 0.5) is 0 Å². The highest BCUT2D eigenvalue weighted by atomic mass is 31.2. The van der Waals surface area contributed by atoms with Crippen LogP contribution in [-0.4, -0.2) is 12.6 Å². The third kappa shape index (κ3) is 4.78. The summed E-state index contributed by atoms with van der Waals surface area (Å²) in [7, 11) is -1.78. The smallest absolute Gasteiger partial charge is 0.418 e. The summed E-state index contributed by atoms with van der Waals surface area (Å²) in [5, 5.41) is 0. The van der Waals surface area contributed by atoms with Crippen LogP contribution in [0.5, 0.6) is 5.75 Å². The fraction of sp³-hybridized carbons (Fsp3) is 0.278. The van der Waals surface area contributed by atoms with E-state index in [1.54, 1.807) is 12.1 Å². The molecule has 4 nitrogen and oxygen atoms in total. The second-order valence-electron chi connectivity index (χ2n) is 5.20. The lowest BCUT2D eigenvalue weighted by atomic mass is 10.0. The fourth-order valence-electron chi connectivity index (χ4n) is 2.36. The van der Waals surface area contributed by atoms with Crippen molar-refractivity contribution in [3.8, 4) is 5.75 Å². The monoisotopic (exact) mass is 332 g/mol. The first-order valence-corrected chi connectivity index (χ1v) is 8.57. The minimum atomic E-state index is -1.78. The Morgan fingerprint density at radius 3 is 2.22 bits per heavy atom. The van der Waals surface area contributed by atoms with Gasteiger partial charge in [-0.15, -0.1) is 0 Å². The molecule has 1 atom stereocenters. The highest BCUT2D eigenvalue weighted by Gasteiger charge is 2.23. The summed E-state index contributed by atoms with van der Waals surface area (Å²) in [6.07, 6.45) is 0.